The molecule has 0 radical (unpaired) electrons. The molecule has 0 amide bonds. The molecule has 0 aromatic carbocycles. The van der Waals surface area contributed by atoms with Crippen LogP contribution in [0.3, 0.4) is 0 Å². The highest BCUT2D eigenvalue weighted by molar-refractivity contribution is 6.92. The fourth-order valence-corrected chi connectivity index (χ4v) is 3.87. The van der Waals surface area contributed by atoms with E-state index in [2.05, 4.69) is 37.2 Å². The van der Waals surface area contributed by atoms with Gasteiger partial charge in [0, 0.05) is 32.7 Å². The van der Waals surface area contributed by atoms with Gasteiger partial charge < -0.3 is 55.3 Å². The predicted molar refractivity (Wildman–Crippen MR) is 193 cm³/mol. The maximum atomic E-state index is 11.3. The largest absolute Gasteiger partial charge is 0.479 e. The van der Waals surface area contributed by atoms with Gasteiger partial charge >= 0.3 is 11.9 Å². The highest BCUT2D eigenvalue weighted by Gasteiger charge is 2.27. The van der Waals surface area contributed by atoms with Crippen molar-refractivity contribution in [1.82, 2.24) is 24.8 Å². The first-order valence-electron chi connectivity index (χ1n) is 13.6. The molecule has 46 heavy (non-hydrogen) atoms. The van der Waals surface area contributed by atoms with Gasteiger partial charge in [0.05, 0.1) is 19.1 Å². The second kappa shape index (κ2) is 28.0. The summed E-state index contributed by atoms with van der Waals surface area (Å²) in [6.07, 6.45) is 1.21. The Labute approximate surface area is 283 Å². The van der Waals surface area contributed by atoms with E-state index >= 15 is 0 Å². The normalized spacial score (nSPS) is 22.0. The van der Waals surface area contributed by atoms with Crippen molar-refractivity contribution in [1.29, 1.82) is 0 Å². The summed E-state index contributed by atoms with van der Waals surface area (Å²) in [5.74, 6) is 1.02. The van der Waals surface area contributed by atoms with Gasteiger partial charge in [-0.3, -0.25) is 0 Å². The third kappa shape index (κ3) is 22.4. The van der Waals surface area contributed by atoms with Crippen molar-refractivity contribution >= 4 is 53.3 Å². The van der Waals surface area contributed by atoms with E-state index in [9.17, 15) is 9.59 Å². The standard InChI is InChI=1S/C9H15N3O.C8H15N3O3.C6H11NO3.C2H6N2O.CH4.3H3P/c1-7-10-9(13-11-7)8-4-3-5-12(2)6-8;1-6(9)10-14-8(12)7-5-11(2)3-4-13-7;1-7-2-3-10-5(4-7)6(8)9;1-2(3)4-5;;;;/h8H,3-6H2,1-2H3;7H,3-5H2,1-2H3,(H2,9,10);5H,2-4H2,1H3,(H,8,9);5H,1H3,(H2,3,4);1H4;3*1H3. The number of carboxylic acid groups (broad SMARTS) is 1. The maximum absolute atomic E-state index is 11.3. The molecule has 0 bridgehead atoms. The van der Waals surface area contributed by atoms with Crippen LogP contribution >= 0.6 is 29.7 Å². The number of likely N-dealkylation sites (N-methyl/N-ethyl adjacent to an activating group) is 3. The molecule has 0 saturated carbocycles. The summed E-state index contributed by atoms with van der Waals surface area (Å²) in [4.78, 5) is 36.7. The Morgan fingerprint density at radius 1 is 0.913 bits per heavy atom. The van der Waals surface area contributed by atoms with Crippen molar-refractivity contribution in [2.45, 2.75) is 59.2 Å². The number of piperidine rings is 1. The van der Waals surface area contributed by atoms with Crippen LogP contribution in [0.5, 0.6) is 0 Å². The van der Waals surface area contributed by atoms with Crippen LogP contribution in [0.2, 0.25) is 0 Å². The number of morpholine rings is 2. The second-order valence-electron chi connectivity index (χ2n) is 10.2. The molecule has 0 spiro atoms. The Hall–Kier alpha value is -2.09. The first kappa shape index (κ1) is 50.8. The molecule has 4 heterocycles. The molecule has 272 valence electrons. The fraction of sp³-hybridized carbons (Fsp3) is 0.769. The van der Waals surface area contributed by atoms with Crippen LogP contribution in [-0.4, -0.2) is 145 Å². The number of nitrogens with zero attached hydrogens (tertiary/aromatic N) is 7. The van der Waals surface area contributed by atoms with Gasteiger partial charge in [-0.15, -0.1) is 0 Å². The Balaban J connectivity index is -0.000000260. The number of aliphatic carboxylic acids is 1. The first-order valence-corrected chi connectivity index (χ1v) is 13.6. The highest BCUT2D eigenvalue weighted by Crippen LogP contribution is 2.24. The lowest BCUT2D eigenvalue weighted by Gasteiger charge is -2.27. The molecule has 20 heteroatoms. The molecule has 6 atom stereocenters. The van der Waals surface area contributed by atoms with Gasteiger partial charge in [0.25, 0.3) is 0 Å². The van der Waals surface area contributed by atoms with E-state index in [0.717, 1.165) is 31.3 Å². The minimum absolute atomic E-state index is 0. The summed E-state index contributed by atoms with van der Waals surface area (Å²) in [5, 5.41) is 25.9. The van der Waals surface area contributed by atoms with Gasteiger partial charge in [-0.2, -0.15) is 34.7 Å². The van der Waals surface area contributed by atoms with Crippen LogP contribution < -0.4 is 11.5 Å². The number of amidine groups is 2. The van der Waals surface area contributed by atoms with Gasteiger partial charge in [0.1, 0.15) is 11.7 Å². The molecule has 0 aliphatic carbocycles. The van der Waals surface area contributed by atoms with Crippen LogP contribution in [0.1, 0.15) is 51.7 Å². The molecule has 6 N–H and O–H groups in total. The average Bonchev–Trinajstić information content (AvgIpc) is 3.39. The zero-order valence-corrected chi connectivity index (χ0v) is 31.8. The topological polar surface area (TPSA) is 228 Å². The smallest absolute Gasteiger partial charge is 0.364 e. The zero-order valence-electron chi connectivity index (χ0n) is 27.6. The quantitative estimate of drug-likeness (QED) is 0.0820. The molecule has 6 unspecified atom stereocenters. The molecule has 1 aromatic heterocycles. The van der Waals surface area contributed by atoms with E-state index in [0.29, 0.717) is 32.2 Å². The third-order valence-corrected chi connectivity index (χ3v) is 6.03. The van der Waals surface area contributed by atoms with Crippen LogP contribution in [0.15, 0.2) is 14.8 Å². The van der Waals surface area contributed by atoms with E-state index in [1.807, 2.05) is 30.8 Å². The van der Waals surface area contributed by atoms with Crippen molar-refractivity contribution in [3.63, 3.8) is 0 Å². The number of carbonyl (C=O) groups is 2. The summed E-state index contributed by atoms with van der Waals surface area (Å²) in [5.41, 5.74) is 10.0. The van der Waals surface area contributed by atoms with E-state index in [1.54, 1.807) is 6.92 Å². The SMILES string of the molecule is C.C/C(N)=N\OC(=O)C1CN(C)CCO1.CC(N)=NO.CN1CCOC(C(=O)O)C1.Cc1noc(C2CCCN(C)C2)n1.P.P.P. The summed E-state index contributed by atoms with van der Waals surface area (Å²) in [6, 6.07) is 0. The molecule has 1 aromatic rings. The summed E-state index contributed by atoms with van der Waals surface area (Å²) >= 11 is 0. The van der Waals surface area contributed by atoms with Gasteiger partial charge in [-0.05, 0) is 61.3 Å². The first-order chi connectivity index (χ1) is 19.8. The minimum atomic E-state index is -0.869. The van der Waals surface area contributed by atoms with E-state index < -0.39 is 24.1 Å². The molecule has 3 fully saturated rings. The zero-order chi connectivity index (χ0) is 31.7. The van der Waals surface area contributed by atoms with Crippen LogP contribution in [-0.2, 0) is 23.9 Å². The van der Waals surface area contributed by atoms with E-state index in [4.69, 9.17) is 35.8 Å². The Bertz CT molecular complexity index is 1020. The Morgan fingerprint density at radius 3 is 1.80 bits per heavy atom. The number of aryl methyl sites for hydroxylation is 1. The molecule has 3 aliphatic rings. The minimum Gasteiger partial charge on any atom is -0.479 e. The number of rotatable bonds is 4. The average molecular weight is 720 g/mol. The molecule has 3 saturated heterocycles. The number of oxime groups is 2. The summed E-state index contributed by atoms with van der Waals surface area (Å²) < 4.78 is 15.3. The maximum Gasteiger partial charge on any atom is 0.364 e. The Morgan fingerprint density at radius 2 is 1.41 bits per heavy atom. The van der Waals surface area contributed by atoms with Gasteiger partial charge in [0.15, 0.2) is 18.0 Å². The lowest BCUT2D eigenvalue weighted by molar-refractivity contribution is -0.162. The number of hydrogen-bond acceptors (Lipinski definition) is 14. The van der Waals surface area contributed by atoms with Crippen molar-refractivity contribution in [3.8, 4) is 0 Å². The number of hydrogen-bond donors (Lipinski definition) is 4. The van der Waals surface area contributed by atoms with E-state index in [-0.39, 0.29) is 48.8 Å². The highest BCUT2D eigenvalue weighted by atomic mass is 31.0. The lowest BCUT2D eigenvalue weighted by atomic mass is 9.99. The number of ether oxygens (including phenoxy) is 2. The van der Waals surface area contributed by atoms with Crippen LogP contribution in [0.25, 0.3) is 0 Å². The van der Waals surface area contributed by atoms with Crippen molar-refractivity contribution in [2.24, 2.45) is 21.8 Å². The number of nitrogens with two attached hydrogens (primary N) is 2. The molecular formula is C26H60N9O8P3. The number of aromatic nitrogens is 2. The number of likely N-dealkylation sites (tertiary alicyclic amines) is 1. The van der Waals surface area contributed by atoms with Crippen molar-refractivity contribution in [2.75, 3.05) is 73.6 Å². The molecule has 4 rings (SSSR count). The van der Waals surface area contributed by atoms with Gasteiger partial charge in [-0.25, -0.2) is 9.59 Å². The number of carbonyl (C=O) groups excluding carboxylic acids is 1. The number of carboxylic acids is 1. The van der Waals surface area contributed by atoms with Gasteiger partial charge in [-0.1, -0.05) is 22.9 Å². The summed E-state index contributed by atoms with van der Waals surface area (Å²) in [6.45, 7) is 10.8. The molecule has 3 aliphatic heterocycles. The third-order valence-electron chi connectivity index (χ3n) is 6.03. The molecule has 17 nitrogen and oxygen atoms in total. The monoisotopic (exact) mass is 719 g/mol. The predicted octanol–water partition coefficient (Wildman–Crippen LogP) is 0.304. The fourth-order valence-electron chi connectivity index (χ4n) is 3.87. The summed E-state index contributed by atoms with van der Waals surface area (Å²) in [7, 11) is 5.94. The molecular weight excluding hydrogens is 659 g/mol. The lowest BCUT2D eigenvalue weighted by Crippen LogP contribution is -2.44. The van der Waals surface area contributed by atoms with Gasteiger partial charge in [0.2, 0.25) is 5.89 Å². The second-order valence-corrected chi connectivity index (χ2v) is 10.2. The van der Waals surface area contributed by atoms with Crippen LogP contribution in [0.4, 0.5) is 0 Å². The van der Waals surface area contributed by atoms with Crippen molar-refractivity contribution < 1.29 is 38.7 Å². The van der Waals surface area contributed by atoms with Crippen molar-refractivity contribution in [3.05, 3.63) is 11.7 Å². The van der Waals surface area contributed by atoms with E-state index in [1.165, 1.54) is 26.3 Å². The Kier molecular flexibility index (Phi) is 30.9. The van der Waals surface area contributed by atoms with Crippen LogP contribution in [0, 0.1) is 6.92 Å².